The number of hydrogen-bond acceptors (Lipinski definition) is 5. The molecular formula is C23H25FN4O2S. The molecule has 0 radical (unpaired) electrons. The molecule has 0 aliphatic rings. The van der Waals surface area contributed by atoms with Crippen molar-refractivity contribution in [3.05, 3.63) is 76.5 Å². The van der Waals surface area contributed by atoms with E-state index in [1.54, 1.807) is 17.5 Å². The summed E-state index contributed by atoms with van der Waals surface area (Å²) in [6, 6.07) is 11.9. The predicted octanol–water partition coefficient (Wildman–Crippen LogP) is 4.68. The Hall–Kier alpha value is -3.13. The Kier molecular flexibility index (Phi) is 6.80. The van der Waals surface area contributed by atoms with Crippen LogP contribution in [0.5, 0.6) is 0 Å². The minimum Gasteiger partial charge on any atom is -0.349 e. The van der Waals surface area contributed by atoms with Crippen LogP contribution in [-0.4, -0.2) is 26.9 Å². The number of anilines is 1. The van der Waals surface area contributed by atoms with Gasteiger partial charge in [-0.25, -0.2) is 4.39 Å². The lowest BCUT2D eigenvalue weighted by Gasteiger charge is -2.35. The molecule has 1 heterocycles. The fraction of sp³-hybridized carbons (Fsp3) is 0.304. The van der Waals surface area contributed by atoms with Crippen LogP contribution in [-0.2, 0) is 4.79 Å². The SMILES string of the molecule is CCC(C)(C)NC(=O)[C@H](c1ccc(F)cc1)N(C(=O)c1csnn1)c1ccccc1C. The molecule has 0 saturated heterocycles. The van der Waals surface area contributed by atoms with Crippen LogP contribution in [0.1, 0.15) is 54.8 Å². The highest BCUT2D eigenvalue weighted by Crippen LogP contribution is 2.32. The second-order valence-electron chi connectivity index (χ2n) is 7.93. The van der Waals surface area contributed by atoms with Crippen LogP contribution in [0.3, 0.4) is 0 Å². The predicted molar refractivity (Wildman–Crippen MR) is 120 cm³/mol. The molecule has 0 unspecified atom stereocenters. The number of para-hydroxylation sites is 1. The Morgan fingerprint density at radius 1 is 1.16 bits per heavy atom. The van der Waals surface area contributed by atoms with Crippen molar-refractivity contribution in [3.8, 4) is 0 Å². The molecule has 162 valence electrons. The molecule has 0 saturated carbocycles. The van der Waals surface area contributed by atoms with Gasteiger partial charge < -0.3 is 5.32 Å². The largest absolute Gasteiger partial charge is 0.349 e. The molecule has 3 aromatic rings. The molecule has 1 aromatic heterocycles. The van der Waals surface area contributed by atoms with Crippen LogP contribution in [0.25, 0.3) is 0 Å². The molecule has 0 aliphatic heterocycles. The zero-order chi connectivity index (χ0) is 22.6. The van der Waals surface area contributed by atoms with Crippen molar-refractivity contribution in [2.75, 3.05) is 4.90 Å². The van der Waals surface area contributed by atoms with Gasteiger partial charge in [-0.2, -0.15) is 0 Å². The Morgan fingerprint density at radius 3 is 2.42 bits per heavy atom. The fourth-order valence-electron chi connectivity index (χ4n) is 3.13. The number of nitrogens with one attached hydrogen (secondary N) is 1. The molecule has 8 heteroatoms. The monoisotopic (exact) mass is 440 g/mol. The summed E-state index contributed by atoms with van der Waals surface area (Å²) >= 11 is 1.06. The van der Waals surface area contributed by atoms with E-state index in [4.69, 9.17) is 0 Å². The summed E-state index contributed by atoms with van der Waals surface area (Å²) in [7, 11) is 0. The van der Waals surface area contributed by atoms with Gasteiger partial charge in [-0.1, -0.05) is 41.7 Å². The van der Waals surface area contributed by atoms with Gasteiger partial charge in [0.1, 0.15) is 11.9 Å². The van der Waals surface area contributed by atoms with Crippen LogP contribution >= 0.6 is 11.5 Å². The average Bonchev–Trinajstić information content (AvgIpc) is 3.28. The lowest BCUT2D eigenvalue weighted by atomic mass is 9.97. The lowest BCUT2D eigenvalue weighted by molar-refractivity contribution is -0.124. The van der Waals surface area contributed by atoms with Crippen LogP contribution < -0.4 is 10.2 Å². The molecule has 1 N–H and O–H groups in total. The molecule has 2 aromatic carbocycles. The highest BCUT2D eigenvalue weighted by atomic mass is 32.1. The zero-order valence-corrected chi connectivity index (χ0v) is 18.7. The van der Waals surface area contributed by atoms with E-state index in [9.17, 15) is 14.0 Å². The van der Waals surface area contributed by atoms with Crippen molar-refractivity contribution in [1.29, 1.82) is 0 Å². The molecule has 6 nitrogen and oxygen atoms in total. The summed E-state index contributed by atoms with van der Waals surface area (Å²) in [6.07, 6.45) is 0.698. The molecule has 2 amide bonds. The van der Waals surface area contributed by atoms with Crippen LogP contribution in [0, 0.1) is 12.7 Å². The van der Waals surface area contributed by atoms with Gasteiger partial charge in [0.25, 0.3) is 5.91 Å². The summed E-state index contributed by atoms with van der Waals surface area (Å²) in [5.74, 6) is -1.24. The van der Waals surface area contributed by atoms with Crippen molar-refractivity contribution in [2.45, 2.75) is 45.7 Å². The number of rotatable bonds is 7. The van der Waals surface area contributed by atoms with Crippen LogP contribution in [0.2, 0.25) is 0 Å². The number of aryl methyl sites for hydroxylation is 1. The van der Waals surface area contributed by atoms with E-state index in [1.807, 2.05) is 39.8 Å². The van der Waals surface area contributed by atoms with Crippen molar-refractivity contribution in [3.63, 3.8) is 0 Å². The second-order valence-corrected chi connectivity index (χ2v) is 8.54. The van der Waals surface area contributed by atoms with E-state index < -0.39 is 23.3 Å². The summed E-state index contributed by atoms with van der Waals surface area (Å²) < 4.78 is 17.4. The Bertz CT molecular complexity index is 1050. The maximum absolute atomic E-state index is 13.6. The van der Waals surface area contributed by atoms with E-state index in [-0.39, 0.29) is 11.6 Å². The first-order chi connectivity index (χ1) is 14.7. The minimum atomic E-state index is -1.03. The van der Waals surface area contributed by atoms with Gasteiger partial charge in [0.15, 0.2) is 5.69 Å². The first-order valence-electron chi connectivity index (χ1n) is 9.97. The number of carbonyl (C=O) groups excluding carboxylic acids is 2. The molecule has 31 heavy (non-hydrogen) atoms. The van der Waals surface area contributed by atoms with Gasteiger partial charge in [0.05, 0.1) is 0 Å². The minimum absolute atomic E-state index is 0.142. The van der Waals surface area contributed by atoms with Gasteiger partial charge in [-0.15, -0.1) is 5.10 Å². The summed E-state index contributed by atoms with van der Waals surface area (Å²) in [4.78, 5) is 28.5. The van der Waals surface area contributed by atoms with E-state index in [2.05, 4.69) is 14.9 Å². The van der Waals surface area contributed by atoms with Crippen molar-refractivity contribution < 1.29 is 14.0 Å². The van der Waals surface area contributed by atoms with Crippen LogP contribution in [0.4, 0.5) is 10.1 Å². The van der Waals surface area contributed by atoms with Gasteiger partial charge >= 0.3 is 0 Å². The van der Waals surface area contributed by atoms with E-state index >= 15 is 0 Å². The number of halogens is 1. The number of amides is 2. The highest BCUT2D eigenvalue weighted by molar-refractivity contribution is 7.03. The Labute approximate surface area is 185 Å². The molecule has 0 bridgehead atoms. The molecule has 3 rings (SSSR count). The maximum atomic E-state index is 13.6. The van der Waals surface area contributed by atoms with Gasteiger partial charge in [0, 0.05) is 16.6 Å². The molecule has 1 atom stereocenters. The highest BCUT2D eigenvalue weighted by Gasteiger charge is 2.36. The molecule has 0 spiro atoms. The third-order valence-electron chi connectivity index (χ3n) is 5.21. The number of benzene rings is 2. The zero-order valence-electron chi connectivity index (χ0n) is 17.9. The van der Waals surface area contributed by atoms with Gasteiger partial charge in [-0.3, -0.25) is 14.5 Å². The number of hydrogen-bond donors (Lipinski definition) is 1. The van der Waals surface area contributed by atoms with Crippen molar-refractivity contribution in [2.24, 2.45) is 0 Å². The third-order valence-corrected chi connectivity index (χ3v) is 5.72. The maximum Gasteiger partial charge on any atom is 0.280 e. The first-order valence-corrected chi connectivity index (χ1v) is 10.8. The lowest BCUT2D eigenvalue weighted by Crippen LogP contribution is -2.50. The summed E-state index contributed by atoms with van der Waals surface area (Å²) in [5, 5.41) is 8.49. The first kappa shape index (κ1) is 22.6. The Morgan fingerprint density at radius 2 is 1.84 bits per heavy atom. The molecule has 0 aliphatic carbocycles. The van der Waals surface area contributed by atoms with Gasteiger partial charge in [-0.05, 0) is 68.1 Å². The topological polar surface area (TPSA) is 75.2 Å². The smallest absolute Gasteiger partial charge is 0.280 e. The fourth-order valence-corrected chi connectivity index (χ4v) is 3.56. The standard InChI is InChI=1S/C23H25FN4O2S/c1-5-23(3,4)25-21(29)20(16-10-12-17(24)13-11-16)28(19-9-7-6-8-15(19)2)22(30)18-14-31-27-26-18/h6-14,20H,5H2,1-4H3,(H,25,29)/t20-/m0/s1. The van der Waals surface area contributed by atoms with E-state index in [1.165, 1.54) is 29.2 Å². The van der Waals surface area contributed by atoms with Crippen molar-refractivity contribution in [1.82, 2.24) is 14.9 Å². The molecule has 0 fully saturated rings. The quantitative estimate of drug-likeness (QED) is 0.579. The summed E-state index contributed by atoms with van der Waals surface area (Å²) in [6.45, 7) is 7.66. The number of nitrogens with zero attached hydrogens (tertiary/aromatic N) is 3. The van der Waals surface area contributed by atoms with Crippen LogP contribution in [0.15, 0.2) is 53.9 Å². The summed E-state index contributed by atoms with van der Waals surface area (Å²) in [5.41, 5.74) is 1.53. The average molecular weight is 441 g/mol. The van der Waals surface area contributed by atoms with E-state index in [0.717, 1.165) is 17.1 Å². The third kappa shape index (κ3) is 5.14. The normalized spacial score (nSPS) is 12.3. The van der Waals surface area contributed by atoms with Gasteiger partial charge in [0.2, 0.25) is 5.91 Å². The van der Waals surface area contributed by atoms with E-state index in [0.29, 0.717) is 17.7 Å². The Balaban J connectivity index is 2.19. The number of aromatic nitrogens is 2. The second kappa shape index (κ2) is 9.34. The van der Waals surface area contributed by atoms with Crippen molar-refractivity contribution >= 4 is 29.0 Å². The molecular weight excluding hydrogens is 415 g/mol. The number of carbonyl (C=O) groups is 2.